The van der Waals surface area contributed by atoms with Gasteiger partial charge < -0.3 is 9.73 Å². The first-order valence-electron chi connectivity index (χ1n) is 10.1. The zero-order chi connectivity index (χ0) is 23.8. The Balaban J connectivity index is 2.04. The maximum atomic E-state index is 14.0. The number of anilines is 1. The fourth-order valence-corrected chi connectivity index (χ4v) is 4.17. The van der Waals surface area contributed by atoms with Gasteiger partial charge in [0, 0.05) is 29.6 Å². The van der Waals surface area contributed by atoms with Crippen LogP contribution in [0.4, 0.5) is 14.5 Å². The summed E-state index contributed by atoms with van der Waals surface area (Å²) < 4.78 is 60.5. The van der Waals surface area contributed by atoms with Gasteiger partial charge in [-0.2, -0.15) is 0 Å². The zero-order valence-corrected chi connectivity index (χ0v) is 18.6. The lowest BCUT2D eigenvalue weighted by Crippen LogP contribution is -2.18. The minimum atomic E-state index is -3.67. The molecule has 2 N–H and O–H groups in total. The minimum Gasteiger partial charge on any atom is -0.455 e. The molecule has 4 aromatic rings. The van der Waals surface area contributed by atoms with Gasteiger partial charge in [-0.15, -0.1) is 0 Å². The summed E-state index contributed by atoms with van der Waals surface area (Å²) >= 11 is 0. The Morgan fingerprint density at radius 3 is 2.33 bits per heavy atom. The van der Waals surface area contributed by atoms with Gasteiger partial charge in [0.25, 0.3) is 5.91 Å². The number of rotatable bonds is 6. The molecule has 0 bridgehead atoms. The fraction of sp³-hybridized carbons (Fsp3) is 0.125. The molecule has 0 radical (unpaired) electrons. The van der Waals surface area contributed by atoms with E-state index in [0.29, 0.717) is 22.1 Å². The van der Waals surface area contributed by atoms with E-state index in [1.54, 1.807) is 12.1 Å². The van der Waals surface area contributed by atoms with Gasteiger partial charge in [0.1, 0.15) is 23.0 Å². The highest BCUT2D eigenvalue weighted by molar-refractivity contribution is 7.92. The molecule has 1 aromatic heterocycles. The highest BCUT2D eigenvalue weighted by Gasteiger charge is 2.24. The molecule has 33 heavy (non-hydrogen) atoms. The van der Waals surface area contributed by atoms with E-state index in [0.717, 1.165) is 0 Å². The van der Waals surface area contributed by atoms with E-state index in [-0.39, 0.29) is 28.3 Å². The van der Waals surface area contributed by atoms with Crippen LogP contribution in [0, 0.1) is 11.6 Å². The molecule has 4 rings (SSSR count). The molecule has 170 valence electrons. The lowest BCUT2D eigenvalue weighted by molar-refractivity contribution is 0.0964. The van der Waals surface area contributed by atoms with E-state index in [4.69, 9.17) is 4.42 Å². The van der Waals surface area contributed by atoms with Crippen LogP contribution >= 0.6 is 0 Å². The first kappa shape index (κ1) is 22.5. The average Bonchev–Trinajstić information content (AvgIpc) is 3.16. The summed E-state index contributed by atoms with van der Waals surface area (Å²) in [6, 6.07) is 14.2. The molecule has 0 atom stereocenters. The van der Waals surface area contributed by atoms with Gasteiger partial charge in [-0.25, -0.2) is 17.2 Å². The standard InChI is InChI=1S/C24H20F2N2O4S/c1-3-33(30,31)28-20-13-21-19(12-18(20)15-5-4-6-17(26)11-15)22(24(29)27-2)23(32-21)14-7-9-16(25)10-8-14/h4-13,28H,3H2,1-2H3,(H,27,29). The molecule has 1 amide bonds. The third-order valence-electron chi connectivity index (χ3n) is 5.17. The second kappa shape index (κ2) is 8.67. The minimum absolute atomic E-state index is 0.171. The third-order valence-corrected chi connectivity index (χ3v) is 6.46. The quantitative estimate of drug-likeness (QED) is 0.407. The number of furan rings is 1. The predicted octanol–water partition coefficient (Wildman–Crippen LogP) is 5.17. The largest absolute Gasteiger partial charge is 0.455 e. The molecule has 9 heteroatoms. The van der Waals surface area contributed by atoms with Crippen molar-refractivity contribution in [3.05, 3.63) is 77.9 Å². The molecule has 0 unspecified atom stereocenters. The Labute approximate surface area is 189 Å². The summed E-state index contributed by atoms with van der Waals surface area (Å²) in [4.78, 5) is 12.8. The zero-order valence-electron chi connectivity index (χ0n) is 17.8. The van der Waals surface area contributed by atoms with Gasteiger partial charge in [-0.3, -0.25) is 9.52 Å². The highest BCUT2D eigenvalue weighted by atomic mass is 32.2. The van der Waals surface area contributed by atoms with Gasteiger partial charge in [0.05, 0.1) is 17.0 Å². The van der Waals surface area contributed by atoms with Crippen LogP contribution < -0.4 is 10.0 Å². The van der Waals surface area contributed by atoms with Gasteiger partial charge in [-0.05, 0) is 55.0 Å². The molecule has 0 aliphatic heterocycles. The monoisotopic (exact) mass is 470 g/mol. The van der Waals surface area contributed by atoms with Crippen molar-refractivity contribution >= 4 is 32.6 Å². The Morgan fingerprint density at radius 1 is 0.970 bits per heavy atom. The van der Waals surface area contributed by atoms with Crippen molar-refractivity contribution in [3.63, 3.8) is 0 Å². The highest BCUT2D eigenvalue weighted by Crippen LogP contribution is 2.40. The van der Waals surface area contributed by atoms with Crippen LogP contribution in [0.5, 0.6) is 0 Å². The lowest BCUT2D eigenvalue weighted by Gasteiger charge is -2.13. The van der Waals surface area contributed by atoms with Crippen LogP contribution in [0.2, 0.25) is 0 Å². The van der Waals surface area contributed by atoms with Crippen LogP contribution in [-0.2, 0) is 10.0 Å². The third kappa shape index (κ3) is 4.45. The summed E-state index contributed by atoms with van der Waals surface area (Å²) in [7, 11) is -2.20. The topological polar surface area (TPSA) is 88.4 Å². The van der Waals surface area contributed by atoms with E-state index in [2.05, 4.69) is 10.0 Å². The van der Waals surface area contributed by atoms with Crippen LogP contribution in [0.3, 0.4) is 0 Å². The van der Waals surface area contributed by atoms with E-state index in [9.17, 15) is 22.0 Å². The van der Waals surface area contributed by atoms with Crippen LogP contribution in [0.25, 0.3) is 33.4 Å². The van der Waals surface area contributed by atoms with Crippen LogP contribution in [-0.4, -0.2) is 27.1 Å². The Bertz CT molecular complexity index is 1460. The van der Waals surface area contributed by atoms with E-state index in [1.165, 1.54) is 62.5 Å². The van der Waals surface area contributed by atoms with Crippen molar-refractivity contribution in [3.8, 4) is 22.5 Å². The molecule has 0 spiro atoms. The second-order valence-corrected chi connectivity index (χ2v) is 9.31. The molecular formula is C24H20F2N2O4S. The number of nitrogens with one attached hydrogen (secondary N) is 2. The van der Waals surface area contributed by atoms with Crippen LogP contribution in [0.1, 0.15) is 17.3 Å². The number of sulfonamides is 1. The SMILES string of the molecule is CCS(=O)(=O)Nc1cc2oc(-c3ccc(F)cc3)c(C(=O)NC)c2cc1-c1cccc(F)c1. The lowest BCUT2D eigenvalue weighted by atomic mass is 9.98. The number of halogens is 2. The number of amides is 1. The van der Waals surface area contributed by atoms with Crippen molar-refractivity contribution in [1.82, 2.24) is 5.32 Å². The van der Waals surface area contributed by atoms with Crippen molar-refractivity contribution < 1.29 is 26.4 Å². The van der Waals surface area contributed by atoms with Gasteiger partial charge in [0.15, 0.2) is 0 Å². The molecule has 0 saturated heterocycles. The average molecular weight is 470 g/mol. The fourth-order valence-electron chi connectivity index (χ4n) is 3.52. The summed E-state index contributed by atoms with van der Waals surface area (Å²) in [5.41, 5.74) is 1.87. The first-order chi connectivity index (χ1) is 15.7. The van der Waals surface area contributed by atoms with Gasteiger partial charge >= 0.3 is 0 Å². The van der Waals surface area contributed by atoms with E-state index < -0.39 is 27.6 Å². The summed E-state index contributed by atoms with van der Waals surface area (Å²) in [6.45, 7) is 1.49. The number of carbonyl (C=O) groups is 1. The molecule has 0 aliphatic rings. The number of hydrogen-bond acceptors (Lipinski definition) is 4. The smallest absolute Gasteiger partial charge is 0.255 e. The number of carbonyl (C=O) groups excluding carboxylic acids is 1. The van der Waals surface area contributed by atoms with Crippen LogP contribution in [0.15, 0.2) is 65.1 Å². The Morgan fingerprint density at radius 2 is 1.70 bits per heavy atom. The van der Waals surface area contributed by atoms with Crippen molar-refractivity contribution in [2.45, 2.75) is 6.92 Å². The normalized spacial score (nSPS) is 11.5. The summed E-state index contributed by atoms with van der Waals surface area (Å²) in [6.07, 6.45) is 0. The second-order valence-electron chi connectivity index (χ2n) is 7.30. The molecule has 0 saturated carbocycles. The maximum Gasteiger partial charge on any atom is 0.255 e. The Kier molecular flexibility index (Phi) is 5.90. The molecule has 0 aliphatic carbocycles. The number of hydrogen-bond donors (Lipinski definition) is 2. The van der Waals surface area contributed by atoms with E-state index >= 15 is 0 Å². The van der Waals surface area contributed by atoms with E-state index in [1.807, 2.05) is 0 Å². The van der Waals surface area contributed by atoms with Crippen molar-refractivity contribution in [1.29, 1.82) is 0 Å². The van der Waals surface area contributed by atoms with Gasteiger partial charge in [0.2, 0.25) is 10.0 Å². The van der Waals surface area contributed by atoms with Crippen molar-refractivity contribution in [2.24, 2.45) is 0 Å². The van der Waals surface area contributed by atoms with Gasteiger partial charge in [-0.1, -0.05) is 12.1 Å². The molecule has 1 heterocycles. The number of benzene rings is 3. The molecule has 0 fully saturated rings. The Hall–Kier alpha value is -3.72. The molecule has 6 nitrogen and oxygen atoms in total. The summed E-state index contributed by atoms with van der Waals surface area (Å²) in [5.74, 6) is -1.36. The predicted molar refractivity (Wildman–Crippen MR) is 123 cm³/mol. The first-order valence-corrected chi connectivity index (χ1v) is 11.7. The molecule has 3 aromatic carbocycles. The summed E-state index contributed by atoms with van der Waals surface area (Å²) in [5, 5.41) is 2.96. The van der Waals surface area contributed by atoms with Crippen molar-refractivity contribution in [2.75, 3.05) is 17.5 Å². The molecular weight excluding hydrogens is 450 g/mol. The number of fused-ring (bicyclic) bond motifs is 1. The maximum absolute atomic E-state index is 14.0.